The maximum Gasteiger partial charge on any atom is 0.410 e. The Balaban J connectivity index is 0.000000293. The fourth-order valence-corrected chi connectivity index (χ4v) is 2.50. The second-order valence-electron chi connectivity index (χ2n) is 6.33. The van der Waals surface area contributed by atoms with Gasteiger partial charge in [0, 0.05) is 38.1 Å². The molecule has 1 aliphatic rings. The minimum Gasteiger partial charge on any atom is -0.444 e. The summed E-state index contributed by atoms with van der Waals surface area (Å²) in [6.45, 7) is 6.24. The summed E-state index contributed by atoms with van der Waals surface area (Å²) in [7, 11) is -2.11. The van der Waals surface area contributed by atoms with Crippen LogP contribution in [0.15, 0.2) is 30.3 Å². The number of nitro benzene ring substituents is 1. The average molecular weight is 370 g/mol. The molecule has 0 spiro atoms. The van der Waals surface area contributed by atoms with Crippen molar-refractivity contribution in [3.63, 3.8) is 0 Å². The van der Waals surface area contributed by atoms with Crippen LogP contribution in [0.3, 0.4) is 0 Å². The number of para-hydroxylation sites is 1. The number of nitro groups is 1. The summed E-state index contributed by atoms with van der Waals surface area (Å²) in [5, 5.41) is 10.0. The Morgan fingerprint density at radius 2 is 1.68 bits per heavy atom. The maximum atomic E-state index is 11.6. The number of amides is 1. The largest absolute Gasteiger partial charge is 0.444 e. The van der Waals surface area contributed by atoms with Crippen LogP contribution in [-0.2, 0) is 15.0 Å². The SMILES string of the molecule is CC(C)(C)OC(=O)N1CCC(=S(=O)=O)CC1.O=[N+]([O-])c1ccccc1. The molecule has 0 radical (unpaired) electrons. The minimum absolute atomic E-state index is 0.137. The fraction of sp³-hybridized carbons (Fsp3) is 0.500. The molecular formula is C16H22N2O6S. The molecule has 0 bridgehead atoms. The van der Waals surface area contributed by atoms with E-state index in [1.54, 1.807) is 43.9 Å². The van der Waals surface area contributed by atoms with Crippen molar-refractivity contribution in [2.75, 3.05) is 13.1 Å². The molecule has 1 fully saturated rings. The molecule has 138 valence electrons. The van der Waals surface area contributed by atoms with Crippen molar-refractivity contribution < 1.29 is 22.9 Å². The molecule has 0 unspecified atom stereocenters. The summed E-state index contributed by atoms with van der Waals surface area (Å²) < 4.78 is 26.6. The number of likely N-dealkylation sites (tertiary alicyclic amines) is 1. The van der Waals surface area contributed by atoms with Crippen LogP contribution >= 0.6 is 0 Å². The van der Waals surface area contributed by atoms with Gasteiger partial charge in [-0.15, -0.1) is 0 Å². The molecule has 0 saturated carbocycles. The number of benzene rings is 1. The fourth-order valence-electron chi connectivity index (χ4n) is 1.98. The van der Waals surface area contributed by atoms with E-state index in [-0.39, 0.29) is 11.8 Å². The molecule has 0 N–H and O–H groups in total. The van der Waals surface area contributed by atoms with Crippen LogP contribution in [0.4, 0.5) is 10.5 Å². The summed E-state index contributed by atoms with van der Waals surface area (Å²) in [6, 6.07) is 7.93. The van der Waals surface area contributed by atoms with E-state index in [0.717, 1.165) is 0 Å². The van der Waals surface area contributed by atoms with Gasteiger partial charge in [-0.2, -0.15) is 8.42 Å². The van der Waals surface area contributed by atoms with Crippen molar-refractivity contribution in [2.24, 2.45) is 0 Å². The molecular weight excluding hydrogens is 348 g/mol. The van der Waals surface area contributed by atoms with E-state index < -0.39 is 20.8 Å². The zero-order valence-electron chi connectivity index (χ0n) is 14.5. The van der Waals surface area contributed by atoms with Crippen LogP contribution < -0.4 is 0 Å². The Hall–Kier alpha value is -2.42. The van der Waals surface area contributed by atoms with Gasteiger partial charge < -0.3 is 9.64 Å². The van der Waals surface area contributed by atoms with E-state index in [0.29, 0.717) is 30.8 Å². The smallest absolute Gasteiger partial charge is 0.410 e. The maximum absolute atomic E-state index is 11.6. The third-order valence-electron chi connectivity index (χ3n) is 3.18. The first-order valence-corrected chi connectivity index (χ1v) is 8.79. The molecule has 9 heteroatoms. The van der Waals surface area contributed by atoms with Crippen molar-refractivity contribution in [3.05, 3.63) is 40.4 Å². The van der Waals surface area contributed by atoms with Crippen LogP contribution in [0.5, 0.6) is 0 Å². The predicted octanol–water partition coefficient (Wildman–Crippen LogP) is 2.66. The Morgan fingerprint density at radius 3 is 2.04 bits per heavy atom. The van der Waals surface area contributed by atoms with Gasteiger partial charge in [-0.25, -0.2) is 4.79 Å². The lowest BCUT2D eigenvalue weighted by atomic mass is 10.1. The molecule has 1 aromatic carbocycles. The van der Waals surface area contributed by atoms with Gasteiger partial charge >= 0.3 is 6.09 Å². The number of rotatable bonds is 1. The van der Waals surface area contributed by atoms with Crippen molar-refractivity contribution in [1.29, 1.82) is 0 Å². The van der Waals surface area contributed by atoms with Gasteiger partial charge in [0.2, 0.25) is 10.3 Å². The molecule has 8 nitrogen and oxygen atoms in total. The number of ether oxygens (including phenoxy) is 1. The molecule has 0 aliphatic carbocycles. The minimum atomic E-state index is -2.11. The summed E-state index contributed by atoms with van der Waals surface area (Å²) in [5.74, 6) is 0. The Morgan fingerprint density at radius 1 is 1.16 bits per heavy atom. The highest BCUT2D eigenvalue weighted by molar-refractivity contribution is 7.73. The Kier molecular flexibility index (Phi) is 7.56. The van der Waals surface area contributed by atoms with E-state index >= 15 is 0 Å². The Bertz CT molecular complexity index is 720. The van der Waals surface area contributed by atoms with Crippen LogP contribution in [0.1, 0.15) is 33.6 Å². The van der Waals surface area contributed by atoms with Crippen LogP contribution in [-0.4, -0.2) is 47.9 Å². The van der Waals surface area contributed by atoms with E-state index in [2.05, 4.69) is 0 Å². The highest BCUT2D eigenvalue weighted by Gasteiger charge is 2.25. The van der Waals surface area contributed by atoms with E-state index in [1.807, 2.05) is 0 Å². The van der Waals surface area contributed by atoms with Gasteiger partial charge in [-0.3, -0.25) is 10.1 Å². The third kappa shape index (κ3) is 7.79. The Labute approximate surface area is 148 Å². The molecule has 2 rings (SSSR count). The average Bonchev–Trinajstić information content (AvgIpc) is 2.55. The third-order valence-corrected chi connectivity index (χ3v) is 4.06. The van der Waals surface area contributed by atoms with Crippen LogP contribution in [0.2, 0.25) is 0 Å². The second-order valence-corrected chi connectivity index (χ2v) is 7.38. The molecule has 0 aromatic heterocycles. The number of piperidine rings is 1. The predicted molar refractivity (Wildman–Crippen MR) is 94.1 cm³/mol. The highest BCUT2D eigenvalue weighted by Crippen LogP contribution is 2.13. The quantitative estimate of drug-likeness (QED) is 0.427. The van der Waals surface area contributed by atoms with Gasteiger partial charge in [-0.05, 0) is 20.8 Å². The van der Waals surface area contributed by atoms with Gasteiger partial charge in [0.25, 0.3) is 5.69 Å². The molecule has 1 aliphatic heterocycles. The highest BCUT2D eigenvalue weighted by atomic mass is 32.2. The van der Waals surface area contributed by atoms with E-state index in [9.17, 15) is 23.3 Å². The number of nitrogens with zero attached hydrogens (tertiary/aromatic N) is 2. The first kappa shape index (κ1) is 20.6. The van der Waals surface area contributed by atoms with Gasteiger partial charge in [0.05, 0.1) is 9.79 Å². The summed E-state index contributed by atoms with van der Waals surface area (Å²) in [6.07, 6.45) is 0.452. The number of non-ortho nitro benzene ring substituents is 1. The van der Waals surface area contributed by atoms with Gasteiger partial charge in [-0.1, -0.05) is 18.2 Å². The van der Waals surface area contributed by atoms with Crippen LogP contribution in [0, 0.1) is 10.1 Å². The molecule has 1 saturated heterocycles. The number of carbonyl (C=O) groups excluding carboxylic acids is 1. The topological polar surface area (TPSA) is 107 Å². The standard InChI is InChI=1S/C10H17NO4S.C6H5NO2/c1-10(2,3)15-9(12)11-6-4-8(5-7-11)16(13)14;8-7(9)6-4-2-1-3-5-6/h4-7H2,1-3H3;1-5H. The second kappa shape index (κ2) is 9.16. The van der Waals surface area contributed by atoms with E-state index in [4.69, 9.17) is 4.74 Å². The van der Waals surface area contributed by atoms with Crippen molar-refractivity contribution in [2.45, 2.75) is 39.2 Å². The zero-order chi connectivity index (χ0) is 19.0. The van der Waals surface area contributed by atoms with Crippen molar-refractivity contribution >= 4 is 26.9 Å². The number of hydrogen-bond acceptors (Lipinski definition) is 6. The van der Waals surface area contributed by atoms with Gasteiger partial charge in [0.1, 0.15) is 5.60 Å². The van der Waals surface area contributed by atoms with Crippen molar-refractivity contribution in [1.82, 2.24) is 4.90 Å². The zero-order valence-corrected chi connectivity index (χ0v) is 15.3. The van der Waals surface area contributed by atoms with E-state index in [1.165, 1.54) is 12.1 Å². The first-order chi connectivity index (χ1) is 11.6. The summed E-state index contributed by atoms with van der Waals surface area (Å²) >= 11 is 0. The molecule has 1 amide bonds. The lowest BCUT2D eigenvalue weighted by Gasteiger charge is -2.29. The van der Waals surface area contributed by atoms with Crippen LogP contribution in [0.25, 0.3) is 0 Å². The lowest BCUT2D eigenvalue weighted by Crippen LogP contribution is -2.42. The number of carbonyl (C=O) groups is 1. The van der Waals surface area contributed by atoms with Gasteiger partial charge in [0.15, 0.2) is 0 Å². The summed E-state index contributed by atoms with van der Waals surface area (Å²) in [5.41, 5.74) is -0.375. The normalized spacial score (nSPS) is 14.2. The first-order valence-electron chi connectivity index (χ1n) is 7.71. The summed E-state index contributed by atoms with van der Waals surface area (Å²) in [4.78, 5) is 23.2. The molecule has 0 atom stereocenters. The number of hydrogen-bond donors (Lipinski definition) is 0. The van der Waals surface area contributed by atoms with Crippen molar-refractivity contribution in [3.8, 4) is 0 Å². The molecule has 1 heterocycles. The molecule has 1 aromatic rings. The molecule has 25 heavy (non-hydrogen) atoms. The monoisotopic (exact) mass is 370 g/mol. The lowest BCUT2D eigenvalue weighted by molar-refractivity contribution is -0.384.